The minimum Gasteiger partial charge on any atom is -0.379 e. The van der Waals surface area contributed by atoms with Gasteiger partial charge in [0.05, 0.1) is 19.3 Å². The Kier molecular flexibility index (Phi) is 6.93. The summed E-state index contributed by atoms with van der Waals surface area (Å²) in [7, 11) is 0. The van der Waals surface area contributed by atoms with E-state index in [-0.39, 0.29) is 0 Å². The number of thiophene rings is 1. The molecule has 0 spiro atoms. The maximum Gasteiger partial charge on any atom is 0.0594 e. The molecule has 4 nitrogen and oxygen atoms in total. The highest BCUT2D eigenvalue weighted by molar-refractivity contribution is 7.10. The Labute approximate surface area is 167 Å². The Hall–Kier alpha value is -1.24. The normalized spacial score (nSPS) is 21.3. The highest BCUT2D eigenvalue weighted by Crippen LogP contribution is 2.26. The highest BCUT2D eigenvalue weighted by atomic mass is 32.1. The third-order valence-corrected chi connectivity index (χ3v) is 6.77. The van der Waals surface area contributed by atoms with Crippen LogP contribution in [0.1, 0.15) is 29.3 Å². The molecule has 0 saturated carbocycles. The standard InChI is InChI=1S/C22H31N3OS/c1-2-5-19(6-3-1)18-24-10-8-20(9-11-24)23-17-21(22-7-4-16-27-22)25-12-14-26-15-13-25/h1-7,16,20-21,23H,8-15,17-18H2/t21-/m0/s1. The van der Waals surface area contributed by atoms with Crippen molar-refractivity contribution in [3.8, 4) is 0 Å². The van der Waals surface area contributed by atoms with E-state index < -0.39 is 0 Å². The first-order valence-corrected chi connectivity index (χ1v) is 11.1. The summed E-state index contributed by atoms with van der Waals surface area (Å²) in [6.07, 6.45) is 2.49. The lowest BCUT2D eigenvalue weighted by molar-refractivity contribution is 0.0158. The van der Waals surface area contributed by atoms with Crippen LogP contribution in [0.15, 0.2) is 47.8 Å². The molecule has 0 radical (unpaired) electrons. The van der Waals surface area contributed by atoms with E-state index >= 15 is 0 Å². The van der Waals surface area contributed by atoms with Gasteiger partial charge in [0, 0.05) is 37.1 Å². The van der Waals surface area contributed by atoms with Crippen molar-refractivity contribution in [2.24, 2.45) is 0 Å². The van der Waals surface area contributed by atoms with Gasteiger partial charge in [-0.2, -0.15) is 0 Å². The number of benzene rings is 1. The van der Waals surface area contributed by atoms with Crippen LogP contribution in [0.25, 0.3) is 0 Å². The number of nitrogens with zero attached hydrogens (tertiary/aromatic N) is 2. The molecule has 3 heterocycles. The Bertz CT molecular complexity index is 649. The van der Waals surface area contributed by atoms with Crippen LogP contribution in [0, 0.1) is 0 Å². The number of hydrogen-bond donors (Lipinski definition) is 1. The van der Waals surface area contributed by atoms with Crippen LogP contribution in [-0.4, -0.2) is 61.8 Å². The molecule has 5 heteroatoms. The lowest BCUT2D eigenvalue weighted by Gasteiger charge is -2.37. The van der Waals surface area contributed by atoms with Crippen molar-refractivity contribution < 1.29 is 4.74 Å². The molecule has 1 aromatic heterocycles. The second kappa shape index (κ2) is 9.80. The van der Waals surface area contributed by atoms with Gasteiger partial charge in [0.25, 0.3) is 0 Å². The summed E-state index contributed by atoms with van der Waals surface area (Å²) in [4.78, 5) is 6.66. The van der Waals surface area contributed by atoms with Crippen molar-refractivity contribution in [1.29, 1.82) is 0 Å². The topological polar surface area (TPSA) is 27.7 Å². The predicted molar refractivity (Wildman–Crippen MR) is 112 cm³/mol. The fraction of sp³-hybridized carbons (Fsp3) is 0.545. The summed E-state index contributed by atoms with van der Waals surface area (Å²) in [5.41, 5.74) is 1.42. The SMILES string of the molecule is c1ccc(CN2CCC(NC[C@@H](c3cccs3)N3CCOCC3)CC2)cc1. The molecule has 27 heavy (non-hydrogen) atoms. The Morgan fingerprint density at radius 2 is 1.78 bits per heavy atom. The lowest BCUT2D eigenvalue weighted by Crippen LogP contribution is -2.47. The van der Waals surface area contributed by atoms with Gasteiger partial charge in [0.15, 0.2) is 0 Å². The average molecular weight is 386 g/mol. The summed E-state index contributed by atoms with van der Waals surface area (Å²) in [5.74, 6) is 0. The molecule has 0 bridgehead atoms. The molecule has 2 aromatic rings. The van der Waals surface area contributed by atoms with Crippen molar-refractivity contribution in [3.05, 3.63) is 58.3 Å². The molecular formula is C22H31N3OS. The number of rotatable bonds is 7. The molecule has 146 valence electrons. The summed E-state index contributed by atoms with van der Waals surface area (Å²) in [6.45, 7) is 8.31. The molecule has 0 aliphatic carbocycles. The third-order valence-electron chi connectivity index (χ3n) is 5.79. The van der Waals surface area contributed by atoms with Crippen molar-refractivity contribution in [3.63, 3.8) is 0 Å². The minimum absolute atomic E-state index is 0.483. The van der Waals surface area contributed by atoms with Gasteiger partial charge in [-0.1, -0.05) is 36.4 Å². The minimum atomic E-state index is 0.483. The summed E-state index contributed by atoms with van der Waals surface area (Å²) < 4.78 is 5.56. The van der Waals surface area contributed by atoms with E-state index in [4.69, 9.17) is 4.74 Å². The number of nitrogens with one attached hydrogen (secondary N) is 1. The number of morpholine rings is 1. The molecule has 1 atom stereocenters. The van der Waals surface area contributed by atoms with Gasteiger partial charge in [-0.05, 0) is 42.9 Å². The molecule has 2 saturated heterocycles. The first-order chi connectivity index (χ1) is 13.4. The zero-order valence-electron chi connectivity index (χ0n) is 16.1. The predicted octanol–water partition coefficient (Wildman–Crippen LogP) is 3.38. The number of likely N-dealkylation sites (tertiary alicyclic amines) is 1. The van der Waals surface area contributed by atoms with E-state index in [1.54, 1.807) is 0 Å². The maximum atomic E-state index is 5.56. The summed E-state index contributed by atoms with van der Waals surface area (Å²) in [6, 6.07) is 16.4. The average Bonchev–Trinajstić information content (AvgIpc) is 3.26. The van der Waals surface area contributed by atoms with Gasteiger partial charge in [0.1, 0.15) is 0 Å². The fourth-order valence-corrected chi connectivity index (χ4v) is 5.06. The van der Waals surface area contributed by atoms with E-state index in [0.717, 1.165) is 39.4 Å². The first-order valence-electron chi connectivity index (χ1n) is 10.2. The number of hydrogen-bond acceptors (Lipinski definition) is 5. The van der Waals surface area contributed by atoms with Gasteiger partial charge in [0.2, 0.25) is 0 Å². The molecule has 2 aliphatic heterocycles. The molecule has 1 aromatic carbocycles. The van der Waals surface area contributed by atoms with Crippen LogP contribution < -0.4 is 5.32 Å². The third kappa shape index (κ3) is 5.39. The maximum absolute atomic E-state index is 5.56. The van der Waals surface area contributed by atoms with Crippen molar-refractivity contribution in [2.75, 3.05) is 45.9 Å². The quantitative estimate of drug-likeness (QED) is 0.791. The van der Waals surface area contributed by atoms with Crippen molar-refractivity contribution >= 4 is 11.3 Å². The van der Waals surface area contributed by atoms with Crippen molar-refractivity contribution in [1.82, 2.24) is 15.1 Å². The molecule has 2 fully saturated rings. The van der Waals surface area contributed by atoms with Gasteiger partial charge in [-0.25, -0.2) is 0 Å². The fourth-order valence-electron chi connectivity index (χ4n) is 4.19. The van der Waals surface area contributed by atoms with Crippen LogP contribution in [0.4, 0.5) is 0 Å². The van der Waals surface area contributed by atoms with Crippen LogP contribution in [0.2, 0.25) is 0 Å². The van der Waals surface area contributed by atoms with Crippen LogP contribution in [-0.2, 0) is 11.3 Å². The van der Waals surface area contributed by atoms with Gasteiger partial charge < -0.3 is 10.1 Å². The van der Waals surface area contributed by atoms with Gasteiger partial charge >= 0.3 is 0 Å². The number of ether oxygens (including phenoxy) is 1. The number of piperidine rings is 1. The highest BCUT2D eigenvalue weighted by Gasteiger charge is 2.25. The first kappa shape index (κ1) is 19.1. The molecule has 0 unspecified atom stereocenters. The molecular weight excluding hydrogens is 354 g/mol. The van der Waals surface area contributed by atoms with E-state index in [2.05, 4.69) is 63.0 Å². The molecule has 4 rings (SSSR count). The largest absolute Gasteiger partial charge is 0.379 e. The second-order valence-electron chi connectivity index (χ2n) is 7.62. The molecule has 0 amide bonds. The molecule has 2 aliphatic rings. The Morgan fingerprint density at radius 3 is 2.48 bits per heavy atom. The zero-order valence-corrected chi connectivity index (χ0v) is 16.9. The Balaban J connectivity index is 1.26. The monoisotopic (exact) mass is 385 g/mol. The molecule has 1 N–H and O–H groups in total. The zero-order chi connectivity index (χ0) is 18.3. The van der Waals surface area contributed by atoms with Gasteiger partial charge in [-0.15, -0.1) is 11.3 Å². The van der Waals surface area contributed by atoms with Crippen LogP contribution >= 0.6 is 11.3 Å². The second-order valence-corrected chi connectivity index (χ2v) is 8.60. The van der Waals surface area contributed by atoms with Crippen LogP contribution in [0.5, 0.6) is 0 Å². The van der Waals surface area contributed by atoms with E-state index in [0.29, 0.717) is 12.1 Å². The summed E-state index contributed by atoms with van der Waals surface area (Å²) in [5, 5.41) is 6.09. The van der Waals surface area contributed by atoms with E-state index in [1.807, 2.05) is 11.3 Å². The van der Waals surface area contributed by atoms with Crippen LogP contribution in [0.3, 0.4) is 0 Å². The lowest BCUT2D eigenvalue weighted by atomic mass is 10.0. The van der Waals surface area contributed by atoms with Gasteiger partial charge in [-0.3, -0.25) is 9.80 Å². The van der Waals surface area contributed by atoms with E-state index in [9.17, 15) is 0 Å². The Morgan fingerprint density at radius 1 is 1.00 bits per heavy atom. The van der Waals surface area contributed by atoms with Crippen molar-refractivity contribution in [2.45, 2.75) is 31.5 Å². The van der Waals surface area contributed by atoms with E-state index in [1.165, 1.54) is 36.4 Å². The smallest absolute Gasteiger partial charge is 0.0594 e. The summed E-state index contributed by atoms with van der Waals surface area (Å²) >= 11 is 1.88.